The number of nitrogens with one attached hydrogen (secondary N) is 1. The Hall–Kier alpha value is -3.87. The lowest BCUT2D eigenvalue weighted by Gasteiger charge is -2.18. The zero-order valence-electron chi connectivity index (χ0n) is 17.8. The van der Waals surface area contributed by atoms with Gasteiger partial charge in [-0.15, -0.1) is 0 Å². The van der Waals surface area contributed by atoms with Crippen LogP contribution in [-0.2, 0) is 4.74 Å². The molecule has 0 fully saturated rings. The lowest BCUT2D eigenvalue weighted by molar-refractivity contribution is 0.172. The molecule has 0 aliphatic carbocycles. The highest BCUT2D eigenvalue weighted by Crippen LogP contribution is 2.29. The molecule has 1 N–H and O–H groups in total. The number of imidazole rings is 1. The van der Waals surface area contributed by atoms with Gasteiger partial charge in [-0.05, 0) is 31.5 Å². The topological polar surface area (TPSA) is 68.1 Å². The molecule has 0 amide bonds. The smallest absolute Gasteiger partial charge is 0.225 e. The van der Waals surface area contributed by atoms with Gasteiger partial charge in [0.25, 0.3) is 0 Å². The molecule has 1 atom stereocenters. The second kappa shape index (κ2) is 7.75. The fraction of sp³-hybridized carbons (Fsp3) is 0.208. The van der Waals surface area contributed by atoms with E-state index in [9.17, 15) is 0 Å². The van der Waals surface area contributed by atoms with E-state index in [4.69, 9.17) is 14.7 Å². The molecule has 5 rings (SSSR count). The fourth-order valence-electron chi connectivity index (χ4n) is 3.88. The summed E-state index contributed by atoms with van der Waals surface area (Å²) < 4.78 is 7.72. The van der Waals surface area contributed by atoms with E-state index in [0.29, 0.717) is 12.7 Å². The van der Waals surface area contributed by atoms with Crippen LogP contribution in [0.4, 0.5) is 5.95 Å². The maximum Gasteiger partial charge on any atom is 0.225 e. The number of benzene rings is 2. The Morgan fingerprint density at radius 3 is 2.58 bits per heavy atom. The Balaban J connectivity index is 1.62. The van der Waals surface area contributed by atoms with E-state index in [2.05, 4.69) is 34.3 Å². The van der Waals surface area contributed by atoms with Crippen molar-refractivity contribution in [2.24, 2.45) is 0 Å². The second-order valence-electron chi connectivity index (χ2n) is 7.69. The average molecular weight is 412 g/mol. The Bertz CT molecular complexity index is 1260. The van der Waals surface area contributed by atoms with Gasteiger partial charge in [0, 0.05) is 13.1 Å². The third kappa shape index (κ3) is 3.59. The first kappa shape index (κ1) is 19.1. The number of aromatic nitrogens is 4. The fourth-order valence-corrected chi connectivity index (χ4v) is 3.88. The summed E-state index contributed by atoms with van der Waals surface area (Å²) >= 11 is 0. The lowest BCUT2D eigenvalue weighted by atomic mass is 10.1. The molecule has 0 radical (unpaired) electrons. The summed E-state index contributed by atoms with van der Waals surface area (Å²) in [5.41, 5.74) is 4.86. The molecule has 0 unspecified atom stereocenters. The zero-order chi connectivity index (χ0) is 21.4. The van der Waals surface area contributed by atoms with Crippen LogP contribution in [0.2, 0.25) is 0 Å². The summed E-state index contributed by atoms with van der Waals surface area (Å²) in [6, 6.07) is 20.3. The summed E-state index contributed by atoms with van der Waals surface area (Å²) in [6.07, 6.45) is 1.80. The van der Waals surface area contributed by atoms with Crippen molar-refractivity contribution in [1.82, 2.24) is 24.4 Å². The molecule has 4 aromatic rings. The number of anilines is 1. The molecule has 2 aromatic carbocycles. The normalized spacial score (nSPS) is 14.7. The maximum absolute atomic E-state index is 5.73. The summed E-state index contributed by atoms with van der Waals surface area (Å²) in [6.45, 7) is 4.58. The van der Waals surface area contributed by atoms with E-state index in [1.165, 1.54) is 5.56 Å². The molecule has 0 saturated heterocycles. The van der Waals surface area contributed by atoms with E-state index in [1.54, 1.807) is 6.33 Å². The van der Waals surface area contributed by atoms with Crippen molar-refractivity contribution in [2.75, 3.05) is 19.1 Å². The van der Waals surface area contributed by atoms with Crippen LogP contribution in [0.15, 0.2) is 72.8 Å². The van der Waals surface area contributed by atoms with Crippen molar-refractivity contribution in [3.05, 3.63) is 84.0 Å². The van der Waals surface area contributed by atoms with Gasteiger partial charge in [0.15, 0.2) is 6.73 Å². The largest absolute Gasteiger partial charge is 0.476 e. The minimum atomic E-state index is 0.0523. The average Bonchev–Trinajstić information content (AvgIpc) is 3.37. The molecule has 7 nitrogen and oxygen atoms in total. The standard InChI is InChI=1S/C24H24N6O/c1-16(18-9-5-4-6-10-18)26-24-27-20(23-17(2)31-15-29(23)3)13-22(28-24)30-14-25-19-11-7-8-12-21(19)30/h4-14,16H,15H2,1-3H3,(H,26,27,28)/t16-/m0/s1. The number of allylic oxidation sites excluding steroid dienone is 1. The Morgan fingerprint density at radius 1 is 1.03 bits per heavy atom. The van der Waals surface area contributed by atoms with Crippen LogP contribution in [0.5, 0.6) is 0 Å². The SMILES string of the molecule is CC1=C(c2cc(-n3cnc4ccccc43)nc(N[C@@H](C)c3ccccc3)n2)N(C)CO1. The lowest BCUT2D eigenvalue weighted by Crippen LogP contribution is -2.16. The summed E-state index contributed by atoms with van der Waals surface area (Å²) in [5.74, 6) is 2.16. The third-order valence-corrected chi connectivity index (χ3v) is 5.49. The molecule has 31 heavy (non-hydrogen) atoms. The highest BCUT2D eigenvalue weighted by Gasteiger charge is 2.23. The molecule has 0 bridgehead atoms. The summed E-state index contributed by atoms with van der Waals surface area (Å²) in [7, 11) is 2.00. The predicted molar refractivity (Wildman–Crippen MR) is 121 cm³/mol. The van der Waals surface area contributed by atoms with Gasteiger partial charge in [-0.3, -0.25) is 4.57 Å². The molecule has 7 heteroatoms. The highest BCUT2D eigenvalue weighted by atomic mass is 16.5. The number of hydrogen-bond donors (Lipinski definition) is 1. The van der Waals surface area contributed by atoms with Crippen LogP contribution in [-0.4, -0.2) is 38.2 Å². The van der Waals surface area contributed by atoms with E-state index in [1.807, 2.05) is 67.1 Å². The van der Waals surface area contributed by atoms with Crippen LogP contribution in [0.1, 0.15) is 31.1 Å². The van der Waals surface area contributed by atoms with Crippen molar-refractivity contribution in [1.29, 1.82) is 0 Å². The summed E-state index contributed by atoms with van der Waals surface area (Å²) in [5, 5.41) is 3.46. The van der Waals surface area contributed by atoms with Crippen LogP contribution in [0.25, 0.3) is 22.5 Å². The molecule has 3 heterocycles. The number of rotatable bonds is 5. The Morgan fingerprint density at radius 2 is 1.81 bits per heavy atom. The van der Waals surface area contributed by atoms with Gasteiger partial charge in [0.1, 0.15) is 23.6 Å². The summed E-state index contributed by atoms with van der Waals surface area (Å²) in [4.78, 5) is 16.2. The van der Waals surface area contributed by atoms with E-state index >= 15 is 0 Å². The van der Waals surface area contributed by atoms with Crippen molar-refractivity contribution >= 4 is 22.7 Å². The van der Waals surface area contributed by atoms with Crippen molar-refractivity contribution in [3.8, 4) is 5.82 Å². The van der Waals surface area contributed by atoms with Gasteiger partial charge in [-0.25, -0.2) is 9.97 Å². The van der Waals surface area contributed by atoms with Gasteiger partial charge in [0.2, 0.25) is 5.95 Å². The quantitative estimate of drug-likeness (QED) is 0.517. The van der Waals surface area contributed by atoms with E-state index in [0.717, 1.165) is 34.0 Å². The van der Waals surface area contributed by atoms with Gasteiger partial charge in [0.05, 0.1) is 22.8 Å². The molecular weight excluding hydrogens is 388 g/mol. The molecule has 1 aliphatic rings. The molecule has 0 spiro atoms. The van der Waals surface area contributed by atoms with Crippen LogP contribution >= 0.6 is 0 Å². The number of ether oxygens (including phenoxy) is 1. The highest BCUT2D eigenvalue weighted by molar-refractivity contribution is 5.77. The predicted octanol–water partition coefficient (Wildman–Crippen LogP) is 4.60. The second-order valence-corrected chi connectivity index (χ2v) is 7.69. The third-order valence-electron chi connectivity index (χ3n) is 5.49. The van der Waals surface area contributed by atoms with Crippen LogP contribution in [0, 0.1) is 0 Å². The van der Waals surface area contributed by atoms with Gasteiger partial charge < -0.3 is 15.0 Å². The molecular formula is C24H24N6O. The minimum Gasteiger partial charge on any atom is -0.476 e. The van der Waals surface area contributed by atoms with Crippen LogP contribution < -0.4 is 5.32 Å². The Kier molecular flexibility index (Phi) is 4.78. The van der Waals surface area contributed by atoms with Crippen molar-refractivity contribution in [2.45, 2.75) is 19.9 Å². The number of hydrogen-bond acceptors (Lipinski definition) is 6. The molecule has 0 saturated carbocycles. The zero-order valence-corrected chi connectivity index (χ0v) is 17.8. The number of nitrogens with zero attached hydrogens (tertiary/aromatic N) is 5. The van der Waals surface area contributed by atoms with E-state index < -0.39 is 0 Å². The Labute approximate surface area is 181 Å². The van der Waals surface area contributed by atoms with E-state index in [-0.39, 0.29) is 6.04 Å². The number of para-hydroxylation sites is 2. The van der Waals surface area contributed by atoms with Crippen LogP contribution in [0.3, 0.4) is 0 Å². The van der Waals surface area contributed by atoms with Crippen molar-refractivity contribution in [3.63, 3.8) is 0 Å². The van der Waals surface area contributed by atoms with Gasteiger partial charge >= 0.3 is 0 Å². The molecule has 1 aliphatic heterocycles. The first-order chi connectivity index (χ1) is 15.1. The first-order valence-corrected chi connectivity index (χ1v) is 10.3. The van der Waals surface area contributed by atoms with Gasteiger partial charge in [-0.2, -0.15) is 4.98 Å². The minimum absolute atomic E-state index is 0.0523. The monoisotopic (exact) mass is 412 g/mol. The maximum atomic E-state index is 5.73. The molecule has 2 aromatic heterocycles. The number of fused-ring (bicyclic) bond motifs is 1. The molecule has 156 valence electrons. The van der Waals surface area contributed by atoms with Crippen molar-refractivity contribution < 1.29 is 4.74 Å². The first-order valence-electron chi connectivity index (χ1n) is 10.3. The van der Waals surface area contributed by atoms with Gasteiger partial charge in [-0.1, -0.05) is 42.5 Å².